The maximum atomic E-state index is 6.87. The van der Waals surface area contributed by atoms with Crippen LogP contribution in [0.3, 0.4) is 0 Å². The lowest BCUT2D eigenvalue weighted by Crippen LogP contribution is -2.34. The molecule has 0 saturated carbocycles. The van der Waals surface area contributed by atoms with Crippen molar-refractivity contribution in [1.29, 1.82) is 0 Å². The molecule has 0 unspecified atom stereocenters. The monoisotopic (exact) mass is 1370 g/mol. The van der Waals surface area contributed by atoms with E-state index in [2.05, 4.69) is 350 Å². The van der Waals surface area contributed by atoms with Crippen molar-refractivity contribution in [3.63, 3.8) is 0 Å². The zero-order chi connectivity index (χ0) is 71.2. The lowest BCUT2D eigenvalue weighted by Gasteiger charge is -2.42. The van der Waals surface area contributed by atoms with Gasteiger partial charge in [0.15, 0.2) is 0 Å². The van der Waals surface area contributed by atoms with Gasteiger partial charge < -0.3 is 33.3 Å². The van der Waals surface area contributed by atoms with E-state index in [0.29, 0.717) is 19.8 Å². The fourth-order valence-electron chi connectivity index (χ4n) is 16.6. The molecule has 18 rings (SSSR count). The highest BCUT2D eigenvalue weighted by Gasteiger charge is 2.49. The number of para-hydroxylation sites is 6. The Bertz CT molecular complexity index is 5420. The first-order valence-electron chi connectivity index (χ1n) is 35.8. The minimum Gasteiger partial charge on any atom is -0.481 e. The van der Waals surface area contributed by atoms with E-state index in [-0.39, 0.29) is 0 Å². The Morgan fingerprint density at radius 2 is 0.462 bits per heavy atom. The second-order valence-corrected chi connectivity index (χ2v) is 26.8. The summed E-state index contributed by atoms with van der Waals surface area (Å²) in [5, 5.41) is 6.46. The molecule has 0 saturated heterocycles. The van der Waals surface area contributed by atoms with Crippen molar-refractivity contribution in [2.24, 2.45) is 0 Å². The molecule has 0 spiro atoms. The second kappa shape index (κ2) is 27.0. The zero-order valence-electron chi connectivity index (χ0n) is 58.7. The van der Waals surface area contributed by atoms with Gasteiger partial charge in [-0.3, -0.25) is 0 Å². The Kier molecular flexibility index (Phi) is 16.4. The van der Waals surface area contributed by atoms with Crippen molar-refractivity contribution in [1.82, 2.24) is 0 Å². The predicted molar refractivity (Wildman–Crippen MR) is 426 cm³/mol. The molecule has 3 aliphatic rings. The highest BCUT2D eigenvalue weighted by molar-refractivity contribution is 5.90. The van der Waals surface area contributed by atoms with Crippen molar-refractivity contribution in [2.45, 2.75) is 37.0 Å². The number of fused-ring (bicyclic) bond motifs is 9. The van der Waals surface area contributed by atoms with Crippen LogP contribution in [0.4, 0.5) is 17.1 Å². The number of anilines is 3. The largest absolute Gasteiger partial charge is 0.481 e. The van der Waals surface area contributed by atoms with Gasteiger partial charge in [0.1, 0.15) is 71.6 Å². The molecule has 15 aromatic carbocycles. The van der Waals surface area contributed by atoms with Gasteiger partial charge in [0, 0.05) is 50.4 Å². The van der Waals surface area contributed by atoms with Crippen molar-refractivity contribution >= 4 is 49.4 Å². The summed E-state index contributed by atoms with van der Waals surface area (Å²) in [6, 6.07) is 118. The minimum absolute atomic E-state index is 0.323. The lowest BCUT2D eigenvalue weighted by atomic mass is 9.63. The second-order valence-electron chi connectivity index (χ2n) is 26.8. The molecule has 0 N–H and O–H groups in total. The molecule has 0 radical (unpaired) electrons. The van der Waals surface area contributed by atoms with Gasteiger partial charge in [-0.05, 0) is 214 Å². The van der Waals surface area contributed by atoms with Crippen molar-refractivity contribution < 1.29 is 28.4 Å². The van der Waals surface area contributed by atoms with Gasteiger partial charge in [0.05, 0.1) is 16.2 Å². The van der Waals surface area contributed by atoms with Crippen LogP contribution in [0.5, 0.6) is 51.7 Å². The maximum Gasteiger partial charge on any atom is 0.149 e. The van der Waals surface area contributed by atoms with Crippen LogP contribution in [0, 0.1) is 35.5 Å². The molecule has 0 atom stereocenters. The Morgan fingerprint density at radius 3 is 0.708 bits per heavy atom. The van der Waals surface area contributed by atoms with Gasteiger partial charge in [0.2, 0.25) is 0 Å². The number of hydrogen-bond acceptors (Lipinski definition) is 7. The minimum atomic E-state index is -0.821. The summed E-state index contributed by atoms with van der Waals surface area (Å²) in [5.74, 6) is 25.1. The van der Waals surface area contributed by atoms with E-state index in [0.717, 1.165) is 168 Å². The summed E-state index contributed by atoms with van der Waals surface area (Å²) >= 11 is 0. The Balaban J connectivity index is 0.829. The molecule has 506 valence electrons. The van der Waals surface area contributed by atoms with Crippen LogP contribution in [0.15, 0.2) is 328 Å². The van der Waals surface area contributed by atoms with Crippen LogP contribution < -0.4 is 33.3 Å². The quantitative estimate of drug-likeness (QED) is 0.0948. The zero-order valence-corrected chi connectivity index (χ0v) is 58.7. The first kappa shape index (κ1) is 64.5. The van der Waals surface area contributed by atoms with Crippen LogP contribution in [-0.2, 0) is 16.2 Å². The number of benzene rings is 15. The Labute approximate surface area is 617 Å². The van der Waals surface area contributed by atoms with Crippen LogP contribution in [0.1, 0.15) is 87.5 Å². The third-order valence-corrected chi connectivity index (χ3v) is 21.3. The van der Waals surface area contributed by atoms with Gasteiger partial charge >= 0.3 is 0 Å². The molecule has 3 heterocycles. The topological polar surface area (TPSA) is 58.6 Å². The fraction of sp³-hybridized carbons (Fsp3) is 0.0909. The fourth-order valence-corrected chi connectivity index (χ4v) is 16.6. The molecule has 15 aromatic rings. The molecule has 3 aliphatic heterocycles. The van der Waals surface area contributed by atoms with Gasteiger partial charge in [-0.2, -0.15) is 0 Å². The van der Waals surface area contributed by atoms with Crippen molar-refractivity contribution in [3.8, 4) is 87.3 Å². The number of nitrogens with zero attached hydrogens (tertiary/aromatic N) is 1. The number of hydrogen-bond donors (Lipinski definition) is 0. The van der Waals surface area contributed by atoms with Gasteiger partial charge in [0.25, 0.3) is 0 Å². The van der Waals surface area contributed by atoms with Crippen LogP contribution in [0.2, 0.25) is 0 Å². The summed E-state index contributed by atoms with van der Waals surface area (Å²) in [6.45, 7) is 6.45. The van der Waals surface area contributed by atoms with Crippen LogP contribution in [0.25, 0.3) is 32.3 Å². The van der Waals surface area contributed by atoms with E-state index in [1.165, 1.54) is 0 Å². The summed E-state index contributed by atoms with van der Waals surface area (Å²) in [6.07, 6.45) is 0. The highest BCUT2D eigenvalue weighted by atomic mass is 16.5. The third-order valence-electron chi connectivity index (χ3n) is 21.3. The first-order valence-corrected chi connectivity index (χ1v) is 35.8. The Morgan fingerprint density at radius 1 is 0.245 bits per heavy atom. The smallest absolute Gasteiger partial charge is 0.149 e. The highest BCUT2D eigenvalue weighted by Crippen LogP contribution is 2.60. The summed E-state index contributed by atoms with van der Waals surface area (Å²) in [5.41, 5.74) is 13.2. The van der Waals surface area contributed by atoms with Crippen molar-refractivity contribution in [3.05, 3.63) is 394 Å². The molecular formula is C99H69NO6. The maximum absolute atomic E-state index is 6.87. The van der Waals surface area contributed by atoms with E-state index in [9.17, 15) is 0 Å². The molecule has 106 heavy (non-hydrogen) atoms. The lowest BCUT2D eigenvalue weighted by molar-refractivity contribution is 0.370. The SMILES string of the molecule is CC#CCOc1ccc2cc(C3(c4ccc(N(c5ccc(C6(c7ccc8cc(OCC#CC)ccc8c7)c7ccccc7Oc7ccccc76)cc5)c5ccc(C6(c7ccc8cc(OCC#CC)ccc8c7)c7ccccc7Oc7ccccc76)cc5)cc4)c4ccccc4Oc4ccccc43)ccc2c1. The number of rotatable bonds is 15. The molecule has 0 bridgehead atoms. The Hall–Kier alpha value is -13.6. The normalized spacial score (nSPS) is 13.4. The van der Waals surface area contributed by atoms with E-state index in [4.69, 9.17) is 28.4 Å². The van der Waals surface area contributed by atoms with E-state index >= 15 is 0 Å². The molecule has 0 aliphatic carbocycles. The predicted octanol–water partition coefficient (Wildman–Crippen LogP) is 23.3. The van der Waals surface area contributed by atoms with Gasteiger partial charge in [-0.15, -0.1) is 17.8 Å². The van der Waals surface area contributed by atoms with Gasteiger partial charge in [-0.25, -0.2) is 0 Å². The van der Waals surface area contributed by atoms with Crippen molar-refractivity contribution in [2.75, 3.05) is 24.7 Å². The molecule has 0 fully saturated rings. The summed E-state index contributed by atoms with van der Waals surface area (Å²) in [4.78, 5) is 2.39. The average Bonchev–Trinajstić information content (AvgIpc) is 0.717. The molecule has 7 heteroatoms. The van der Waals surface area contributed by atoms with E-state index in [1.54, 1.807) is 0 Å². The van der Waals surface area contributed by atoms with Crippen LogP contribution in [-0.4, -0.2) is 19.8 Å². The molecule has 7 nitrogen and oxygen atoms in total. The first-order chi connectivity index (χ1) is 52.4. The third kappa shape index (κ3) is 10.7. The summed E-state index contributed by atoms with van der Waals surface area (Å²) in [7, 11) is 0. The molecule has 0 aromatic heterocycles. The molecule has 0 amide bonds. The molecular weight excluding hydrogens is 1300 g/mol. The number of ether oxygens (including phenoxy) is 6. The van der Waals surface area contributed by atoms with E-state index in [1.807, 2.05) is 39.0 Å². The summed E-state index contributed by atoms with van der Waals surface area (Å²) < 4.78 is 38.8. The van der Waals surface area contributed by atoms with E-state index < -0.39 is 16.2 Å². The van der Waals surface area contributed by atoms with Gasteiger partial charge in [-0.1, -0.05) is 218 Å². The van der Waals surface area contributed by atoms with Crippen LogP contribution >= 0.6 is 0 Å². The standard InChI is InChI=1S/C99H69NO6/c1-4-7-58-101-82-55-37-67-61-76(40-34-70(67)64-82)97(85-22-10-16-28-91(85)104-92-29-17-11-23-86(92)97)73-43-49-79(50-44-73)100(80-51-45-74(46-52-80)98(87-24-12-18-30-93(87)105-94-31-19-13-25-88(94)98)77-41-35-71-65-83(102-59-8-5-2)56-38-68(71)62-77)81-53-47-75(48-54-81)99(89-26-14-20-32-95(89)106-96-33-21-15-27-90(96)99)78-42-36-72-66-84(103-60-9-6-3)57-39-69(72)63-78/h10-57,61-66H,58-60H2,1-3H3. The average molecular weight is 1370 g/mol.